The lowest BCUT2D eigenvalue weighted by molar-refractivity contribution is 0.807. The molecule has 0 aliphatic carbocycles. The molecule has 0 amide bonds. The van der Waals surface area contributed by atoms with Crippen LogP contribution in [0.1, 0.15) is 9.88 Å². The topological polar surface area (TPSA) is 59.8 Å². The molecule has 5 nitrogen and oxygen atoms in total. The third-order valence-electron chi connectivity index (χ3n) is 3.38. The molecule has 2 heterocycles. The number of aryl methyl sites for hydroxylation is 1. The lowest BCUT2D eigenvalue weighted by Gasteiger charge is -2.11. The van der Waals surface area contributed by atoms with Gasteiger partial charge in [-0.15, -0.1) is 11.3 Å². The number of anilines is 1. The van der Waals surface area contributed by atoms with Crippen molar-refractivity contribution in [3.05, 3.63) is 65.9 Å². The van der Waals surface area contributed by atoms with Crippen molar-refractivity contribution < 1.29 is 0 Å². The molecule has 0 bridgehead atoms. The first-order valence-corrected chi connectivity index (χ1v) is 9.29. The van der Waals surface area contributed by atoms with E-state index < -0.39 is 5.56 Å². The first-order chi connectivity index (χ1) is 12.0. The number of halogens is 3. The van der Waals surface area contributed by atoms with Crippen molar-refractivity contribution in [3.8, 4) is 5.69 Å². The van der Waals surface area contributed by atoms with Crippen LogP contribution in [0.4, 0.5) is 5.69 Å². The molecule has 0 saturated carbocycles. The molecular formula is C16H13Cl3N4OS. The first kappa shape index (κ1) is 18.2. The Morgan fingerprint density at radius 2 is 2.04 bits per heavy atom. The average molecular weight is 416 g/mol. The Morgan fingerprint density at radius 1 is 1.24 bits per heavy atom. The van der Waals surface area contributed by atoms with Gasteiger partial charge in [-0.2, -0.15) is 9.78 Å². The smallest absolute Gasteiger partial charge is 0.292 e. The summed E-state index contributed by atoms with van der Waals surface area (Å²) in [5.41, 5.74) is 0.435. The highest BCUT2D eigenvalue weighted by atomic mass is 35.5. The predicted molar refractivity (Wildman–Crippen MR) is 104 cm³/mol. The fourth-order valence-electron chi connectivity index (χ4n) is 2.20. The van der Waals surface area contributed by atoms with Crippen LogP contribution in [0.25, 0.3) is 5.69 Å². The second kappa shape index (κ2) is 7.74. The van der Waals surface area contributed by atoms with Gasteiger partial charge < -0.3 is 5.32 Å². The van der Waals surface area contributed by atoms with E-state index >= 15 is 0 Å². The molecule has 1 aromatic carbocycles. The SMILES string of the molecule is Cc1cnc(CCNc2cnn(-c3ccc(Cl)cc3Cl)c(=O)c2Cl)s1. The molecule has 9 heteroatoms. The highest BCUT2D eigenvalue weighted by Gasteiger charge is 2.13. The summed E-state index contributed by atoms with van der Waals surface area (Å²) in [5.74, 6) is 0. The van der Waals surface area contributed by atoms with Crippen LogP contribution >= 0.6 is 46.1 Å². The maximum absolute atomic E-state index is 12.5. The summed E-state index contributed by atoms with van der Waals surface area (Å²) in [7, 11) is 0. The van der Waals surface area contributed by atoms with E-state index in [1.807, 2.05) is 13.1 Å². The lowest BCUT2D eigenvalue weighted by Crippen LogP contribution is -2.23. The summed E-state index contributed by atoms with van der Waals surface area (Å²) < 4.78 is 1.15. The van der Waals surface area contributed by atoms with E-state index in [9.17, 15) is 4.79 Å². The molecule has 0 saturated heterocycles. The van der Waals surface area contributed by atoms with Gasteiger partial charge in [0, 0.05) is 29.1 Å². The van der Waals surface area contributed by atoms with Gasteiger partial charge in [0.25, 0.3) is 5.56 Å². The zero-order valence-electron chi connectivity index (χ0n) is 13.1. The van der Waals surface area contributed by atoms with E-state index in [4.69, 9.17) is 34.8 Å². The number of nitrogens with one attached hydrogen (secondary N) is 1. The first-order valence-electron chi connectivity index (χ1n) is 7.34. The van der Waals surface area contributed by atoms with Crippen LogP contribution in [0.2, 0.25) is 15.1 Å². The monoisotopic (exact) mass is 414 g/mol. The molecule has 0 aliphatic rings. The summed E-state index contributed by atoms with van der Waals surface area (Å²) >= 11 is 19.9. The molecule has 3 rings (SSSR count). The van der Waals surface area contributed by atoms with Crippen LogP contribution in [-0.2, 0) is 6.42 Å². The minimum absolute atomic E-state index is 0.0522. The minimum Gasteiger partial charge on any atom is -0.382 e. The second-order valence-electron chi connectivity index (χ2n) is 5.23. The number of nitrogens with zero attached hydrogens (tertiary/aromatic N) is 3. The molecule has 2 aromatic heterocycles. The van der Waals surface area contributed by atoms with E-state index in [2.05, 4.69) is 15.4 Å². The van der Waals surface area contributed by atoms with Crippen molar-refractivity contribution in [2.45, 2.75) is 13.3 Å². The molecule has 0 atom stereocenters. The Balaban J connectivity index is 1.79. The lowest BCUT2D eigenvalue weighted by atomic mass is 10.3. The Bertz CT molecular complexity index is 970. The van der Waals surface area contributed by atoms with Gasteiger partial charge in [0.2, 0.25) is 0 Å². The van der Waals surface area contributed by atoms with Crippen LogP contribution in [0, 0.1) is 6.92 Å². The standard InChI is InChI=1S/C16H13Cl3N4OS/c1-9-7-21-14(25-9)4-5-20-12-8-22-23(16(24)15(12)19)13-3-2-10(17)6-11(13)18/h2-3,6-8,20H,4-5H2,1H3. The van der Waals surface area contributed by atoms with Crippen molar-refractivity contribution in [2.24, 2.45) is 0 Å². The van der Waals surface area contributed by atoms with Crippen LogP contribution in [-0.4, -0.2) is 21.3 Å². The second-order valence-corrected chi connectivity index (χ2v) is 7.77. The zero-order valence-corrected chi connectivity index (χ0v) is 16.2. The molecule has 0 spiro atoms. The van der Waals surface area contributed by atoms with Gasteiger partial charge in [-0.3, -0.25) is 4.79 Å². The fourth-order valence-corrected chi connectivity index (χ4v) is 3.67. The summed E-state index contributed by atoms with van der Waals surface area (Å²) in [5, 5.41) is 9.13. The van der Waals surface area contributed by atoms with Gasteiger partial charge in [0.15, 0.2) is 0 Å². The average Bonchev–Trinajstić information content (AvgIpc) is 2.98. The number of thiazole rings is 1. The van der Waals surface area contributed by atoms with Crippen LogP contribution in [0.3, 0.4) is 0 Å². The van der Waals surface area contributed by atoms with E-state index in [1.165, 1.54) is 6.20 Å². The number of hydrogen-bond acceptors (Lipinski definition) is 5. The Labute approximate surface area is 163 Å². The van der Waals surface area contributed by atoms with Gasteiger partial charge in [-0.25, -0.2) is 4.98 Å². The third-order valence-corrected chi connectivity index (χ3v) is 5.26. The maximum Gasteiger partial charge on any atom is 0.292 e. The van der Waals surface area contributed by atoms with Crippen LogP contribution in [0.15, 0.2) is 35.4 Å². The van der Waals surface area contributed by atoms with Crippen molar-refractivity contribution >= 4 is 51.8 Å². The zero-order chi connectivity index (χ0) is 18.0. The van der Waals surface area contributed by atoms with Gasteiger partial charge >= 0.3 is 0 Å². The van der Waals surface area contributed by atoms with E-state index in [0.717, 1.165) is 21.0 Å². The third kappa shape index (κ3) is 4.15. The Hall–Kier alpha value is -1.60. The molecule has 0 unspecified atom stereocenters. The van der Waals surface area contributed by atoms with Gasteiger partial charge in [0.1, 0.15) is 5.02 Å². The van der Waals surface area contributed by atoms with Gasteiger partial charge in [0.05, 0.1) is 27.6 Å². The summed E-state index contributed by atoms with van der Waals surface area (Å²) in [4.78, 5) is 18.0. The Morgan fingerprint density at radius 3 is 2.72 bits per heavy atom. The van der Waals surface area contributed by atoms with Crippen LogP contribution < -0.4 is 10.9 Å². The van der Waals surface area contributed by atoms with Crippen molar-refractivity contribution in [1.82, 2.24) is 14.8 Å². The highest BCUT2D eigenvalue weighted by molar-refractivity contribution is 7.11. The molecule has 3 aromatic rings. The number of benzene rings is 1. The number of rotatable bonds is 5. The quantitative estimate of drug-likeness (QED) is 0.661. The molecular weight excluding hydrogens is 403 g/mol. The largest absolute Gasteiger partial charge is 0.382 e. The Kier molecular flexibility index (Phi) is 5.64. The van der Waals surface area contributed by atoms with Gasteiger partial charge in [-0.1, -0.05) is 34.8 Å². The number of hydrogen-bond donors (Lipinski definition) is 1. The summed E-state index contributed by atoms with van der Waals surface area (Å²) in [6, 6.07) is 4.79. The van der Waals surface area contributed by atoms with E-state index in [-0.39, 0.29) is 5.02 Å². The highest BCUT2D eigenvalue weighted by Crippen LogP contribution is 2.24. The number of aromatic nitrogens is 3. The molecule has 0 aliphatic heterocycles. The minimum atomic E-state index is -0.457. The molecule has 0 radical (unpaired) electrons. The summed E-state index contributed by atoms with van der Waals surface area (Å²) in [6.07, 6.45) is 4.08. The molecule has 25 heavy (non-hydrogen) atoms. The van der Waals surface area contributed by atoms with Gasteiger partial charge in [-0.05, 0) is 25.1 Å². The van der Waals surface area contributed by atoms with Crippen molar-refractivity contribution in [2.75, 3.05) is 11.9 Å². The van der Waals surface area contributed by atoms with E-state index in [0.29, 0.717) is 28.0 Å². The molecule has 1 N–H and O–H groups in total. The fraction of sp³-hybridized carbons (Fsp3) is 0.188. The van der Waals surface area contributed by atoms with Crippen LogP contribution in [0.5, 0.6) is 0 Å². The maximum atomic E-state index is 12.5. The normalized spacial score (nSPS) is 10.9. The molecule has 0 fully saturated rings. The van der Waals surface area contributed by atoms with Crippen molar-refractivity contribution in [1.29, 1.82) is 0 Å². The predicted octanol–water partition coefficient (Wildman–Crippen LogP) is 4.61. The van der Waals surface area contributed by atoms with E-state index in [1.54, 1.807) is 29.5 Å². The summed E-state index contributed by atoms with van der Waals surface area (Å²) in [6.45, 7) is 2.61. The van der Waals surface area contributed by atoms with Crippen molar-refractivity contribution in [3.63, 3.8) is 0 Å². The molecule has 130 valence electrons.